The van der Waals surface area contributed by atoms with Crippen molar-refractivity contribution in [1.29, 1.82) is 0 Å². The molecule has 5 rings (SSSR count). The molecule has 0 N–H and O–H groups in total. The number of amides is 1. The van der Waals surface area contributed by atoms with Gasteiger partial charge in [-0.15, -0.1) is 0 Å². The second-order valence-corrected chi connectivity index (χ2v) is 8.54. The van der Waals surface area contributed by atoms with Gasteiger partial charge in [0.15, 0.2) is 11.5 Å². The van der Waals surface area contributed by atoms with Gasteiger partial charge in [-0.1, -0.05) is 36.4 Å². The molecule has 1 fully saturated rings. The first-order valence-electron chi connectivity index (χ1n) is 11.4. The van der Waals surface area contributed by atoms with E-state index in [-0.39, 0.29) is 11.9 Å². The molecule has 1 saturated heterocycles. The average Bonchev–Trinajstić information content (AvgIpc) is 3.19. The summed E-state index contributed by atoms with van der Waals surface area (Å²) in [4.78, 5) is 20.1. The van der Waals surface area contributed by atoms with Crippen molar-refractivity contribution in [3.8, 4) is 22.6 Å². The minimum atomic E-state index is 0.0188. The Hall–Kier alpha value is -3.34. The van der Waals surface area contributed by atoms with Crippen LogP contribution in [-0.4, -0.2) is 35.5 Å². The molecule has 1 amide bonds. The van der Waals surface area contributed by atoms with Crippen LogP contribution in [0.5, 0.6) is 11.5 Å². The predicted octanol–water partition coefficient (Wildman–Crippen LogP) is 5.12. The van der Waals surface area contributed by atoms with Crippen molar-refractivity contribution in [2.75, 3.05) is 19.8 Å². The fraction of sp³-hybridized carbons (Fsp3) is 0.333. The zero-order chi connectivity index (χ0) is 21.9. The molecule has 2 aliphatic rings. The minimum Gasteiger partial charge on any atom is -0.490 e. The van der Waals surface area contributed by atoms with Gasteiger partial charge in [0.25, 0.3) is 0 Å². The molecule has 0 saturated carbocycles. The van der Waals surface area contributed by atoms with Crippen molar-refractivity contribution >= 4 is 5.91 Å². The van der Waals surface area contributed by atoms with Crippen LogP contribution in [0.2, 0.25) is 0 Å². The Kier molecular flexibility index (Phi) is 5.80. The Morgan fingerprint density at radius 2 is 1.78 bits per heavy atom. The van der Waals surface area contributed by atoms with Crippen LogP contribution < -0.4 is 9.47 Å². The summed E-state index contributed by atoms with van der Waals surface area (Å²) in [6, 6.07) is 20.4. The van der Waals surface area contributed by atoms with Gasteiger partial charge >= 0.3 is 0 Å². The highest BCUT2D eigenvalue weighted by Crippen LogP contribution is 2.35. The van der Waals surface area contributed by atoms with E-state index >= 15 is 0 Å². The largest absolute Gasteiger partial charge is 0.490 e. The van der Waals surface area contributed by atoms with Gasteiger partial charge in [0.2, 0.25) is 5.91 Å². The molecule has 5 nitrogen and oxygen atoms in total. The van der Waals surface area contributed by atoms with Crippen LogP contribution in [0, 0.1) is 6.92 Å². The molecule has 0 radical (unpaired) electrons. The first kappa shape index (κ1) is 20.6. The monoisotopic (exact) mass is 428 g/mol. The Bertz CT molecular complexity index is 1110. The quantitative estimate of drug-likeness (QED) is 0.578. The zero-order valence-electron chi connectivity index (χ0n) is 18.4. The highest BCUT2D eigenvalue weighted by atomic mass is 16.5. The van der Waals surface area contributed by atoms with E-state index in [0.29, 0.717) is 19.6 Å². The van der Waals surface area contributed by atoms with Crippen LogP contribution in [0.4, 0.5) is 0 Å². The van der Waals surface area contributed by atoms with E-state index in [0.717, 1.165) is 59.8 Å². The predicted molar refractivity (Wildman–Crippen MR) is 124 cm³/mol. The van der Waals surface area contributed by atoms with Gasteiger partial charge in [0.1, 0.15) is 0 Å². The summed E-state index contributed by atoms with van der Waals surface area (Å²) in [6.45, 7) is 4.09. The van der Waals surface area contributed by atoms with Gasteiger partial charge in [0, 0.05) is 18.7 Å². The molecule has 164 valence electrons. The standard InChI is InChI=1S/C27H28N2O3/c1-19-15-22(21-7-3-2-4-8-21)18-23(28-19)24-9-5-12-29(24)27(30)17-20-10-11-25-26(16-20)32-14-6-13-31-25/h2-4,7-8,10-11,15-16,18,24H,5-6,9,12-14,17H2,1H3/t24-/m0/s1. The van der Waals surface area contributed by atoms with E-state index in [1.54, 1.807) is 0 Å². The van der Waals surface area contributed by atoms with Gasteiger partial charge in [-0.3, -0.25) is 9.78 Å². The Balaban J connectivity index is 1.36. The maximum Gasteiger partial charge on any atom is 0.227 e. The van der Waals surface area contributed by atoms with E-state index in [9.17, 15) is 4.79 Å². The third kappa shape index (κ3) is 4.33. The summed E-state index contributed by atoms with van der Waals surface area (Å²) in [5.74, 6) is 1.63. The number of nitrogens with zero attached hydrogens (tertiary/aromatic N) is 2. The highest BCUT2D eigenvalue weighted by molar-refractivity contribution is 5.80. The summed E-state index contributed by atoms with van der Waals surface area (Å²) >= 11 is 0. The zero-order valence-corrected chi connectivity index (χ0v) is 18.4. The highest BCUT2D eigenvalue weighted by Gasteiger charge is 2.31. The molecule has 3 aromatic rings. The van der Waals surface area contributed by atoms with Gasteiger partial charge in [-0.2, -0.15) is 0 Å². The molecule has 0 bridgehead atoms. The fourth-order valence-corrected chi connectivity index (χ4v) is 4.63. The molecular weight excluding hydrogens is 400 g/mol. The van der Waals surface area contributed by atoms with Gasteiger partial charge in [0.05, 0.1) is 31.4 Å². The van der Waals surface area contributed by atoms with Crippen molar-refractivity contribution in [3.63, 3.8) is 0 Å². The van der Waals surface area contributed by atoms with Crippen molar-refractivity contribution < 1.29 is 14.3 Å². The summed E-state index contributed by atoms with van der Waals surface area (Å²) in [5, 5.41) is 0. The molecule has 2 aromatic carbocycles. The first-order valence-corrected chi connectivity index (χ1v) is 11.4. The summed E-state index contributed by atoms with van der Waals surface area (Å²) in [5.41, 5.74) is 5.22. The van der Waals surface area contributed by atoms with E-state index in [2.05, 4.69) is 24.3 Å². The van der Waals surface area contributed by atoms with E-state index < -0.39 is 0 Å². The Labute approximate surface area is 189 Å². The number of benzene rings is 2. The normalized spacial score (nSPS) is 17.8. The SMILES string of the molecule is Cc1cc(-c2ccccc2)cc([C@@H]2CCCN2C(=O)Cc2ccc3c(c2)OCCCO3)n1. The van der Waals surface area contributed by atoms with Crippen LogP contribution in [0.1, 0.15) is 42.3 Å². The third-order valence-corrected chi connectivity index (χ3v) is 6.16. The average molecular weight is 429 g/mol. The van der Waals surface area contributed by atoms with Crippen molar-refractivity contribution in [3.05, 3.63) is 77.6 Å². The smallest absolute Gasteiger partial charge is 0.227 e. The topological polar surface area (TPSA) is 51.7 Å². The number of pyridine rings is 1. The number of carbonyl (C=O) groups excluding carboxylic acids is 1. The lowest BCUT2D eigenvalue weighted by molar-refractivity contribution is -0.131. The van der Waals surface area contributed by atoms with Crippen LogP contribution in [0.15, 0.2) is 60.7 Å². The third-order valence-electron chi connectivity index (χ3n) is 6.16. The first-order chi connectivity index (χ1) is 15.7. The van der Waals surface area contributed by atoms with E-state index in [4.69, 9.17) is 14.5 Å². The van der Waals surface area contributed by atoms with E-state index in [1.807, 2.05) is 48.2 Å². The molecular formula is C27H28N2O3. The molecule has 3 heterocycles. The maximum atomic E-state index is 13.3. The number of fused-ring (bicyclic) bond motifs is 1. The maximum absolute atomic E-state index is 13.3. The van der Waals surface area contributed by atoms with Crippen LogP contribution in [0.25, 0.3) is 11.1 Å². The molecule has 2 aliphatic heterocycles. The number of carbonyl (C=O) groups is 1. The van der Waals surface area contributed by atoms with Crippen molar-refractivity contribution in [1.82, 2.24) is 9.88 Å². The van der Waals surface area contributed by atoms with E-state index in [1.165, 1.54) is 5.56 Å². The van der Waals surface area contributed by atoms with Crippen LogP contribution in [0.3, 0.4) is 0 Å². The number of rotatable bonds is 4. The summed E-state index contributed by atoms with van der Waals surface area (Å²) < 4.78 is 11.5. The number of ether oxygens (including phenoxy) is 2. The number of hydrogen-bond donors (Lipinski definition) is 0. The molecule has 1 atom stereocenters. The second kappa shape index (κ2) is 9.03. The van der Waals surface area contributed by atoms with Crippen LogP contribution in [-0.2, 0) is 11.2 Å². The lowest BCUT2D eigenvalue weighted by Gasteiger charge is -2.25. The number of likely N-dealkylation sites (tertiary alicyclic amines) is 1. The number of hydrogen-bond acceptors (Lipinski definition) is 4. The lowest BCUT2D eigenvalue weighted by Crippen LogP contribution is -2.32. The number of aromatic nitrogens is 1. The second-order valence-electron chi connectivity index (χ2n) is 8.54. The minimum absolute atomic E-state index is 0.0188. The number of aryl methyl sites for hydroxylation is 1. The van der Waals surface area contributed by atoms with Gasteiger partial charge in [-0.25, -0.2) is 0 Å². The molecule has 0 spiro atoms. The van der Waals surface area contributed by atoms with Crippen molar-refractivity contribution in [2.24, 2.45) is 0 Å². The summed E-state index contributed by atoms with van der Waals surface area (Å²) in [6.07, 6.45) is 3.16. The van der Waals surface area contributed by atoms with Crippen LogP contribution >= 0.6 is 0 Å². The fourth-order valence-electron chi connectivity index (χ4n) is 4.63. The Morgan fingerprint density at radius 1 is 0.969 bits per heavy atom. The Morgan fingerprint density at radius 3 is 2.62 bits per heavy atom. The molecule has 32 heavy (non-hydrogen) atoms. The molecule has 0 unspecified atom stereocenters. The lowest BCUT2D eigenvalue weighted by atomic mass is 10.0. The van der Waals surface area contributed by atoms with Crippen molar-refractivity contribution in [2.45, 2.75) is 38.6 Å². The van der Waals surface area contributed by atoms with Gasteiger partial charge < -0.3 is 14.4 Å². The molecule has 5 heteroatoms. The van der Waals surface area contributed by atoms with Gasteiger partial charge in [-0.05, 0) is 60.7 Å². The molecule has 1 aromatic heterocycles. The molecule has 0 aliphatic carbocycles. The summed E-state index contributed by atoms with van der Waals surface area (Å²) in [7, 11) is 0.